The Kier molecular flexibility index (Phi) is 4.75. The first kappa shape index (κ1) is 18.3. The summed E-state index contributed by atoms with van der Waals surface area (Å²) in [5, 5.41) is 2.86. The van der Waals surface area contributed by atoms with Gasteiger partial charge in [-0.25, -0.2) is 9.69 Å². The summed E-state index contributed by atoms with van der Waals surface area (Å²) in [6, 6.07) is 23.5. The van der Waals surface area contributed by atoms with Crippen molar-refractivity contribution >= 4 is 40.3 Å². The summed E-state index contributed by atoms with van der Waals surface area (Å²) in [6.45, 7) is 0. The summed E-state index contributed by atoms with van der Waals surface area (Å²) in [5.74, 6) is -0.311. The zero-order valence-corrected chi connectivity index (χ0v) is 15.8. The number of para-hydroxylation sites is 1. The molecule has 0 spiro atoms. The van der Waals surface area contributed by atoms with Gasteiger partial charge in [-0.05, 0) is 35.9 Å². The predicted molar refractivity (Wildman–Crippen MR) is 114 cm³/mol. The lowest BCUT2D eigenvalue weighted by atomic mass is 9.98. The molecule has 0 aliphatic carbocycles. The molecule has 0 radical (unpaired) electrons. The minimum atomic E-state index is -0.604. The van der Waals surface area contributed by atoms with Crippen molar-refractivity contribution in [1.82, 2.24) is 0 Å². The van der Waals surface area contributed by atoms with Crippen molar-refractivity contribution in [2.75, 3.05) is 23.1 Å². The molecule has 3 aromatic carbocycles. The maximum atomic E-state index is 13.0. The second-order valence-electron chi connectivity index (χ2n) is 6.49. The van der Waals surface area contributed by atoms with E-state index in [1.807, 2.05) is 48.5 Å². The number of ether oxygens (including phenoxy) is 1. The van der Waals surface area contributed by atoms with Crippen molar-refractivity contribution in [2.45, 2.75) is 0 Å². The third-order valence-electron chi connectivity index (χ3n) is 4.67. The zero-order chi connectivity index (χ0) is 20.4. The van der Waals surface area contributed by atoms with Crippen LogP contribution in [0.1, 0.15) is 11.1 Å². The molecule has 3 N–H and O–H groups in total. The molecule has 6 heteroatoms. The Bertz CT molecular complexity index is 1110. The van der Waals surface area contributed by atoms with Gasteiger partial charge in [0.1, 0.15) is 0 Å². The minimum absolute atomic E-state index is 0.311. The number of nitrogens with one attached hydrogen (secondary N) is 1. The average molecular weight is 385 g/mol. The van der Waals surface area contributed by atoms with Gasteiger partial charge in [-0.1, -0.05) is 48.5 Å². The highest BCUT2D eigenvalue weighted by atomic mass is 16.5. The van der Waals surface area contributed by atoms with E-state index in [-0.39, 0.29) is 5.91 Å². The van der Waals surface area contributed by atoms with Crippen molar-refractivity contribution in [3.63, 3.8) is 0 Å². The van der Waals surface area contributed by atoms with Gasteiger partial charge in [-0.3, -0.25) is 4.79 Å². The van der Waals surface area contributed by atoms with Crippen molar-refractivity contribution in [3.8, 4) is 0 Å². The number of nitrogen functional groups attached to an aromatic ring is 1. The van der Waals surface area contributed by atoms with Gasteiger partial charge in [0.25, 0.3) is 5.91 Å². The Balaban J connectivity index is 2.06. The molecule has 0 saturated carbocycles. The van der Waals surface area contributed by atoms with Gasteiger partial charge in [0.2, 0.25) is 0 Å². The number of anilines is 3. The van der Waals surface area contributed by atoms with Crippen LogP contribution in [-0.2, 0) is 9.53 Å². The molecule has 0 bridgehead atoms. The number of hydrogen-bond acceptors (Lipinski definition) is 4. The van der Waals surface area contributed by atoms with Crippen molar-refractivity contribution in [1.29, 1.82) is 0 Å². The molecule has 0 saturated heterocycles. The topological polar surface area (TPSA) is 84.7 Å². The maximum Gasteiger partial charge on any atom is 0.418 e. The molecule has 1 aliphatic heterocycles. The van der Waals surface area contributed by atoms with E-state index in [1.165, 1.54) is 12.0 Å². The second kappa shape index (κ2) is 7.52. The summed E-state index contributed by atoms with van der Waals surface area (Å²) < 4.78 is 5.07. The number of benzene rings is 3. The van der Waals surface area contributed by atoms with E-state index in [9.17, 15) is 9.59 Å². The van der Waals surface area contributed by atoms with Gasteiger partial charge in [0, 0.05) is 16.9 Å². The van der Waals surface area contributed by atoms with Gasteiger partial charge in [0.15, 0.2) is 0 Å². The normalized spacial score (nSPS) is 14.0. The molecule has 0 atom stereocenters. The van der Waals surface area contributed by atoms with E-state index in [1.54, 1.807) is 30.3 Å². The first-order valence-corrected chi connectivity index (χ1v) is 9.04. The van der Waals surface area contributed by atoms with Crippen LogP contribution in [0, 0.1) is 0 Å². The van der Waals surface area contributed by atoms with Crippen molar-refractivity contribution in [3.05, 3.63) is 90.0 Å². The molecule has 3 aromatic rings. The SMILES string of the molecule is COC(=O)N(/C(=C1\C(=O)Nc2ccc(N)cc21)c1ccccc1)c1ccccc1. The summed E-state index contributed by atoms with van der Waals surface area (Å²) >= 11 is 0. The van der Waals surface area contributed by atoms with E-state index in [0.717, 1.165) is 0 Å². The lowest BCUT2D eigenvalue weighted by molar-refractivity contribution is -0.110. The molecular weight excluding hydrogens is 366 g/mol. The van der Waals surface area contributed by atoms with E-state index in [4.69, 9.17) is 10.5 Å². The molecular formula is C23H19N3O3. The molecule has 2 amide bonds. The van der Waals surface area contributed by atoms with Crippen LogP contribution in [0.25, 0.3) is 11.3 Å². The molecule has 1 aliphatic rings. The number of carbonyl (C=O) groups is 2. The molecule has 4 rings (SSSR count). The maximum absolute atomic E-state index is 13.0. The highest BCUT2D eigenvalue weighted by molar-refractivity contribution is 6.39. The quantitative estimate of drug-likeness (QED) is 0.518. The Hall–Kier alpha value is -4.06. The largest absolute Gasteiger partial charge is 0.452 e. The highest BCUT2D eigenvalue weighted by Crippen LogP contribution is 2.41. The van der Waals surface area contributed by atoms with Crippen LogP contribution >= 0.6 is 0 Å². The smallest absolute Gasteiger partial charge is 0.418 e. The molecule has 0 fully saturated rings. The van der Waals surface area contributed by atoms with E-state index in [2.05, 4.69) is 5.32 Å². The van der Waals surface area contributed by atoms with Gasteiger partial charge >= 0.3 is 6.09 Å². The molecule has 0 aromatic heterocycles. The first-order valence-electron chi connectivity index (χ1n) is 9.04. The van der Waals surface area contributed by atoms with Crippen molar-refractivity contribution < 1.29 is 14.3 Å². The number of methoxy groups -OCH3 is 1. The van der Waals surface area contributed by atoms with Gasteiger partial charge < -0.3 is 15.8 Å². The molecule has 144 valence electrons. The van der Waals surface area contributed by atoms with E-state index in [0.29, 0.717) is 39.5 Å². The molecule has 6 nitrogen and oxygen atoms in total. The number of hydrogen-bond donors (Lipinski definition) is 2. The van der Waals surface area contributed by atoms with Crippen LogP contribution < -0.4 is 16.0 Å². The number of rotatable bonds is 3. The third kappa shape index (κ3) is 3.32. The Labute approximate surface area is 168 Å². The Morgan fingerprint density at radius 2 is 1.62 bits per heavy atom. The van der Waals surface area contributed by atoms with Gasteiger partial charge in [-0.15, -0.1) is 0 Å². The van der Waals surface area contributed by atoms with Gasteiger partial charge in [0.05, 0.1) is 24.1 Å². The fraction of sp³-hybridized carbons (Fsp3) is 0.0435. The number of fused-ring (bicyclic) bond motifs is 1. The van der Waals surface area contributed by atoms with E-state index >= 15 is 0 Å². The number of amides is 2. The van der Waals surface area contributed by atoms with Crippen LogP contribution in [0.5, 0.6) is 0 Å². The number of nitrogens with zero attached hydrogens (tertiary/aromatic N) is 1. The van der Waals surface area contributed by atoms with Crippen LogP contribution in [0.15, 0.2) is 78.9 Å². The monoisotopic (exact) mass is 385 g/mol. The molecule has 0 unspecified atom stereocenters. The number of carbonyl (C=O) groups excluding carboxylic acids is 2. The van der Waals surface area contributed by atoms with E-state index < -0.39 is 6.09 Å². The van der Waals surface area contributed by atoms with Crippen molar-refractivity contribution in [2.24, 2.45) is 0 Å². The highest BCUT2D eigenvalue weighted by Gasteiger charge is 2.33. The lowest BCUT2D eigenvalue weighted by Crippen LogP contribution is -2.31. The Morgan fingerprint density at radius 3 is 2.28 bits per heavy atom. The van der Waals surface area contributed by atoms with Crippen LogP contribution in [-0.4, -0.2) is 19.1 Å². The Morgan fingerprint density at radius 1 is 0.966 bits per heavy atom. The fourth-order valence-corrected chi connectivity index (χ4v) is 3.40. The lowest BCUT2D eigenvalue weighted by Gasteiger charge is -2.26. The first-order chi connectivity index (χ1) is 14.1. The standard InChI is InChI=1S/C23H19N3O3/c1-29-23(28)26(17-10-6-3-7-11-17)21(15-8-4-2-5-9-15)20-18-14-16(24)12-13-19(18)25-22(20)27/h2-14H,24H2,1H3,(H,25,27)/b21-20-. The predicted octanol–water partition coefficient (Wildman–Crippen LogP) is 4.36. The van der Waals surface area contributed by atoms with Crippen LogP contribution in [0.3, 0.4) is 0 Å². The second-order valence-corrected chi connectivity index (χ2v) is 6.49. The van der Waals surface area contributed by atoms with Crippen LogP contribution in [0.4, 0.5) is 21.9 Å². The number of nitrogens with two attached hydrogens (primary N) is 1. The fourth-order valence-electron chi connectivity index (χ4n) is 3.40. The van der Waals surface area contributed by atoms with Crippen LogP contribution in [0.2, 0.25) is 0 Å². The molecule has 1 heterocycles. The zero-order valence-electron chi connectivity index (χ0n) is 15.8. The summed E-state index contributed by atoms with van der Waals surface area (Å²) in [5.41, 5.74) is 9.84. The summed E-state index contributed by atoms with van der Waals surface area (Å²) in [7, 11) is 1.31. The summed E-state index contributed by atoms with van der Waals surface area (Å²) in [4.78, 5) is 27.3. The minimum Gasteiger partial charge on any atom is -0.452 e. The van der Waals surface area contributed by atoms with Gasteiger partial charge in [-0.2, -0.15) is 0 Å². The molecule has 29 heavy (non-hydrogen) atoms. The third-order valence-corrected chi connectivity index (χ3v) is 4.67. The summed E-state index contributed by atoms with van der Waals surface area (Å²) in [6.07, 6.45) is -0.604. The average Bonchev–Trinajstić information content (AvgIpc) is 3.07.